The minimum Gasteiger partial charge on any atom is -0.493 e. The van der Waals surface area contributed by atoms with Crippen LogP contribution in [-0.4, -0.2) is 36.4 Å². The summed E-state index contributed by atoms with van der Waals surface area (Å²) in [6, 6.07) is 13.0. The van der Waals surface area contributed by atoms with Gasteiger partial charge in [-0.25, -0.2) is 0 Å². The lowest BCUT2D eigenvalue weighted by atomic mass is 10.3. The summed E-state index contributed by atoms with van der Waals surface area (Å²) >= 11 is 1.58. The van der Waals surface area contributed by atoms with Crippen LogP contribution in [0.15, 0.2) is 47.8 Å². The van der Waals surface area contributed by atoms with E-state index in [9.17, 15) is 4.79 Å². The quantitative estimate of drug-likeness (QED) is 0.657. The Labute approximate surface area is 155 Å². The van der Waals surface area contributed by atoms with E-state index in [-0.39, 0.29) is 19.1 Å². The lowest BCUT2D eigenvalue weighted by Crippen LogP contribution is -2.24. The smallest absolute Gasteiger partial charge is 0.272 e. The summed E-state index contributed by atoms with van der Waals surface area (Å²) in [5.74, 6) is 6.71. The minimum absolute atomic E-state index is 0.209. The van der Waals surface area contributed by atoms with Crippen LogP contribution in [0.5, 0.6) is 11.5 Å². The van der Waals surface area contributed by atoms with Crippen molar-refractivity contribution < 1.29 is 14.3 Å². The second kappa shape index (κ2) is 8.74. The molecule has 0 aliphatic heterocycles. The molecule has 7 heteroatoms. The number of nitrogens with zero attached hydrogens (tertiary/aromatic N) is 1. The van der Waals surface area contributed by atoms with Gasteiger partial charge in [-0.2, -0.15) is 5.10 Å². The SMILES string of the molecule is COc1ccccc1OCC#CCNC(=O)c1cc(-c2cccs2)[nH]n1. The number of ether oxygens (including phenoxy) is 2. The van der Waals surface area contributed by atoms with Crippen molar-refractivity contribution in [2.24, 2.45) is 0 Å². The highest BCUT2D eigenvalue weighted by atomic mass is 32.1. The number of methoxy groups -OCH3 is 1. The first-order valence-corrected chi connectivity index (χ1v) is 8.75. The number of aromatic amines is 1. The first-order valence-electron chi connectivity index (χ1n) is 7.87. The van der Waals surface area contributed by atoms with Crippen molar-refractivity contribution in [3.63, 3.8) is 0 Å². The topological polar surface area (TPSA) is 76.2 Å². The Bertz CT molecular complexity index is 923. The fourth-order valence-corrected chi connectivity index (χ4v) is 2.87. The van der Waals surface area contributed by atoms with Crippen LogP contribution in [0.2, 0.25) is 0 Å². The van der Waals surface area contributed by atoms with E-state index in [1.54, 1.807) is 24.5 Å². The first-order chi connectivity index (χ1) is 12.8. The highest BCUT2D eigenvalue weighted by Gasteiger charge is 2.10. The number of carbonyl (C=O) groups excluding carboxylic acids is 1. The molecule has 0 aliphatic rings. The predicted molar refractivity (Wildman–Crippen MR) is 100 cm³/mol. The fourth-order valence-electron chi connectivity index (χ4n) is 2.18. The largest absolute Gasteiger partial charge is 0.493 e. The Kier molecular flexibility index (Phi) is 5.91. The minimum atomic E-state index is -0.274. The summed E-state index contributed by atoms with van der Waals surface area (Å²) in [7, 11) is 1.59. The van der Waals surface area contributed by atoms with Gasteiger partial charge in [-0.15, -0.1) is 11.3 Å². The Morgan fingerprint density at radius 1 is 1.23 bits per heavy atom. The number of nitrogens with one attached hydrogen (secondary N) is 2. The van der Waals surface area contributed by atoms with Gasteiger partial charge < -0.3 is 14.8 Å². The highest BCUT2D eigenvalue weighted by molar-refractivity contribution is 7.13. The van der Waals surface area contributed by atoms with Gasteiger partial charge in [-0.1, -0.05) is 30.0 Å². The van der Waals surface area contributed by atoms with Crippen molar-refractivity contribution in [1.29, 1.82) is 0 Å². The zero-order valence-corrected chi connectivity index (χ0v) is 14.9. The van der Waals surface area contributed by atoms with Gasteiger partial charge in [-0.3, -0.25) is 9.89 Å². The maximum absolute atomic E-state index is 12.1. The third-order valence-corrected chi connectivity index (χ3v) is 4.33. The molecular weight excluding hydrogens is 350 g/mol. The Morgan fingerprint density at radius 2 is 2.08 bits per heavy atom. The number of aromatic nitrogens is 2. The summed E-state index contributed by atoms with van der Waals surface area (Å²) in [5, 5.41) is 11.6. The van der Waals surface area contributed by atoms with E-state index in [4.69, 9.17) is 9.47 Å². The number of H-pyrrole nitrogens is 1. The molecule has 2 aromatic heterocycles. The second-order valence-corrected chi connectivity index (χ2v) is 6.07. The number of rotatable bonds is 6. The normalized spacial score (nSPS) is 9.88. The zero-order valence-electron chi connectivity index (χ0n) is 14.1. The monoisotopic (exact) mass is 367 g/mol. The van der Waals surface area contributed by atoms with Crippen LogP contribution in [0.25, 0.3) is 10.6 Å². The molecule has 0 saturated carbocycles. The standard InChI is InChI=1S/C19H17N3O3S/c1-24-16-7-2-3-8-17(16)25-11-5-4-10-20-19(23)15-13-14(21-22-15)18-9-6-12-26-18/h2-3,6-9,12-13H,10-11H2,1H3,(H,20,23)(H,21,22). The van der Waals surface area contributed by atoms with E-state index in [0.29, 0.717) is 17.2 Å². The molecule has 1 amide bonds. The summed E-state index contributed by atoms with van der Waals surface area (Å²) in [6.07, 6.45) is 0. The van der Waals surface area contributed by atoms with Gasteiger partial charge in [0.15, 0.2) is 17.2 Å². The summed E-state index contributed by atoms with van der Waals surface area (Å²) < 4.78 is 10.7. The molecule has 0 fully saturated rings. The van der Waals surface area contributed by atoms with Crippen LogP contribution in [0, 0.1) is 11.8 Å². The van der Waals surface area contributed by atoms with Crippen molar-refractivity contribution in [2.45, 2.75) is 0 Å². The third kappa shape index (κ3) is 4.43. The van der Waals surface area contributed by atoms with E-state index < -0.39 is 0 Å². The van der Waals surface area contributed by atoms with Crippen molar-refractivity contribution in [3.05, 3.63) is 53.5 Å². The lowest BCUT2D eigenvalue weighted by Gasteiger charge is -2.07. The fraction of sp³-hybridized carbons (Fsp3) is 0.158. The Hall–Kier alpha value is -3.24. The van der Waals surface area contributed by atoms with Crippen molar-refractivity contribution in [1.82, 2.24) is 15.5 Å². The molecule has 6 nitrogen and oxygen atoms in total. The number of para-hydroxylation sites is 2. The van der Waals surface area contributed by atoms with Crippen molar-refractivity contribution in [3.8, 4) is 33.9 Å². The molecule has 3 aromatic rings. The van der Waals surface area contributed by atoms with E-state index in [1.807, 2.05) is 41.8 Å². The zero-order chi connectivity index (χ0) is 18.2. The molecule has 0 spiro atoms. The third-order valence-electron chi connectivity index (χ3n) is 3.43. The van der Waals surface area contributed by atoms with Crippen LogP contribution in [-0.2, 0) is 0 Å². The van der Waals surface area contributed by atoms with E-state index in [1.165, 1.54) is 0 Å². The van der Waals surface area contributed by atoms with Gasteiger partial charge in [0.25, 0.3) is 5.91 Å². The molecule has 26 heavy (non-hydrogen) atoms. The van der Waals surface area contributed by atoms with Crippen LogP contribution in [0.4, 0.5) is 0 Å². The second-order valence-electron chi connectivity index (χ2n) is 5.12. The molecule has 1 aromatic carbocycles. The molecule has 0 unspecified atom stereocenters. The van der Waals surface area contributed by atoms with Gasteiger partial charge in [0.1, 0.15) is 6.61 Å². The lowest BCUT2D eigenvalue weighted by molar-refractivity contribution is 0.0953. The molecule has 0 atom stereocenters. The van der Waals surface area contributed by atoms with Crippen LogP contribution < -0.4 is 14.8 Å². The molecular formula is C19H17N3O3S. The Morgan fingerprint density at radius 3 is 2.85 bits per heavy atom. The number of amides is 1. The maximum atomic E-state index is 12.1. The Balaban J connectivity index is 1.45. The van der Waals surface area contributed by atoms with E-state index in [0.717, 1.165) is 10.6 Å². The van der Waals surface area contributed by atoms with Gasteiger partial charge in [0, 0.05) is 0 Å². The number of hydrogen-bond donors (Lipinski definition) is 2. The van der Waals surface area contributed by atoms with Crippen LogP contribution in [0.3, 0.4) is 0 Å². The number of benzene rings is 1. The summed E-state index contributed by atoms with van der Waals surface area (Å²) in [5.41, 5.74) is 1.15. The first kappa shape index (κ1) is 17.6. The number of carbonyl (C=O) groups is 1. The van der Waals surface area contributed by atoms with Gasteiger partial charge in [0.2, 0.25) is 0 Å². The molecule has 2 N–H and O–H groups in total. The molecule has 0 radical (unpaired) electrons. The molecule has 3 rings (SSSR count). The number of hydrogen-bond acceptors (Lipinski definition) is 5. The van der Waals surface area contributed by atoms with Gasteiger partial charge >= 0.3 is 0 Å². The molecule has 132 valence electrons. The van der Waals surface area contributed by atoms with E-state index >= 15 is 0 Å². The molecule has 0 saturated heterocycles. The highest BCUT2D eigenvalue weighted by Crippen LogP contribution is 2.25. The van der Waals surface area contributed by atoms with E-state index in [2.05, 4.69) is 27.4 Å². The van der Waals surface area contributed by atoms with Crippen molar-refractivity contribution in [2.75, 3.05) is 20.3 Å². The van der Waals surface area contributed by atoms with Gasteiger partial charge in [-0.05, 0) is 29.6 Å². The summed E-state index contributed by atoms with van der Waals surface area (Å²) in [6.45, 7) is 0.427. The molecule has 0 aliphatic carbocycles. The van der Waals surface area contributed by atoms with Crippen LogP contribution in [0.1, 0.15) is 10.5 Å². The molecule has 2 heterocycles. The average Bonchev–Trinajstić information content (AvgIpc) is 3.36. The number of thiophene rings is 1. The average molecular weight is 367 g/mol. The molecule has 0 bridgehead atoms. The van der Waals surface area contributed by atoms with Crippen molar-refractivity contribution >= 4 is 17.2 Å². The summed E-state index contributed by atoms with van der Waals surface area (Å²) in [4.78, 5) is 13.1. The maximum Gasteiger partial charge on any atom is 0.272 e. The van der Waals surface area contributed by atoms with Gasteiger partial charge in [0.05, 0.1) is 24.2 Å². The predicted octanol–water partition coefficient (Wildman–Crippen LogP) is 2.96. The van der Waals surface area contributed by atoms with Crippen LogP contribution >= 0.6 is 11.3 Å².